The smallest absolute Gasteiger partial charge is 0.304 e. The molecule has 1 aliphatic carbocycles. The lowest BCUT2D eigenvalue weighted by Gasteiger charge is -2.26. The average Bonchev–Trinajstić information content (AvgIpc) is 2.72. The Morgan fingerprint density at radius 1 is 1.13 bits per heavy atom. The molecule has 0 saturated carbocycles. The summed E-state index contributed by atoms with van der Waals surface area (Å²) in [4.78, 5) is 11.0. The van der Waals surface area contributed by atoms with E-state index in [1.807, 2.05) is 54.6 Å². The van der Waals surface area contributed by atoms with Crippen LogP contribution in [0.25, 0.3) is 5.57 Å². The second kappa shape index (κ2) is 9.62. The van der Waals surface area contributed by atoms with E-state index in [1.54, 1.807) is 6.92 Å². The maximum Gasteiger partial charge on any atom is 0.304 e. The predicted molar refractivity (Wildman–Crippen MR) is 115 cm³/mol. The number of hydrogen-bond donors (Lipinski definition) is 3. The number of carbonyl (C=O) groups is 1. The maximum atomic E-state index is 11.0. The SMILES string of the molecule is CC#CC(CC(=O)O)c1ccc(OCc2ccc(C3=CCC(O)(O)CC3)cc2)cc1. The molecule has 0 amide bonds. The Balaban J connectivity index is 1.58. The molecule has 0 saturated heterocycles. The fourth-order valence-corrected chi connectivity index (χ4v) is 3.47. The van der Waals surface area contributed by atoms with Gasteiger partial charge in [0.25, 0.3) is 0 Å². The van der Waals surface area contributed by atoms with Crippen LogP contribution in [0.4, 0.5) is 0 Å². The summed E-state index contributed by atoms with van der Waals surface area (Å²) in [6.07, 6.45) is 3.09. The van der Waals surface area contributed by atoms with Crippen LogP contribution in [0.1, 0.15) is 55.2 Å². The molecule has 30 heavy (non-hydrogen) atoms. The minimum atomic E-state index is -1.58. The highest BCUT2D eigenvalue weighted by molar-refractivity contribution is 5.69. The number of benzene rings is 2. The van der Waals surface area contributed by atoms with Gasteiger partial charge in [-0.15, -0.1) is 5.92 Å². The van der Waals surface area contributed by atoms with Crippen LogP contribution in [0, 0.1) is 11.8 Å². The Hall–Kier alpha value is -3.07. The van der Waals surface area contributed by atoms with Crippen molar-refractivity contribution in [3.8, 4) is 17.6 Å². The summed E-state index contributed by atoms with van der Waals surface area (Å²) in [5, 5.41) is 28.3. The molecule has 0 spiro atoms. The molecule has 1 atom stereocenters. The molecular weight excluding hydrogens is 380 g/mol. The molecule has 5 nitrogen and oxygen atoms in total. The summed E-state index contributed by atoms with van der Waals surface area (Å²) in [6, 6.07) is 15.4. The van der Waals surface area contributed by atoms with Crippen LogP contribution >= 0.6 is 0 Å². The van der Waals surface area contributed by atoms with Gasteiger partial charge in [0, 0.05) is 12.8 Å². The van der Waals surface area contributed by atoms with E-state index in [4.69, 9.17) is 9.84 Å². The number of rotatable bonds is 7. The second-order valence-electron chi connectivity index (χ2n) is 7.52. The summed E-state index contributed by atoms with van der Waals surface area (Å²) in [5.41, 5.74) is 4.10. The Morgan fingerprint density at radius 3 is 2.40 bits per heavy atom. The molecule has 3 N–H and O–H groups in total. The molecular formula is C25H26O5. The molecule has 2 aromatic rings. The van der Waals surface area contributed by atoms with Crippen molar-refractivity contribution < 1.29 is 24.9 Å². The third-order valence-electron chi connectivity index (χ3n) is 5.18. The third-order valence-corrected chi connectivity index (χ3v) is 5.18. The van der Waals surface area contributed by atoms with Crippen molar-refractivity contribution in [1.82, 2.24) is 0 Å². The van der Waals surface area contributed by atoms with E-state index in [-0.39, 0.29) is 18.8 Å². The molecule has 0 aromatic heterocycles. The Labute approximate surface area is 176 Å². The normalized spacial score (nSPS) is 16.0. The van der Waals surface area contributed by atoms with E-state index in [1.165, 1.54) is 0 Å². The molecule has 3 rings (SSSR count). The fraction of sp³-hybridized carbons (Fsp3) is 0.320. The largest absolute Gasteiger partial charge is 0.489 e. The van der Waals surface area contributed by atoms with E-state index in [0.717, 1.165) is 22.3 Å². The molecule has 1 unspecified atom stereocenters. The molecule has 156 valence electrons. The van der Waals surface area contributed by atoms with Crippen molar-refractivity contribution >= 4 is 11.5 Å². The van der Waals surface area contributed by atoms with E-state index in [0.29, 0.717) is 25.2 Å². The monoisotopic (exact) mass is 406 g/mol. The first kappa shape index (κ1) is 21.6. The minimum Gasteiger partial charge on any atom is -0.489 e. The minimum absolute atomic E-state index is 0.0264. The van der Waals surface area contributed by atoms with Crippen LogP contribution in [-0.2, 0) is 11.4 Å². The lowest BCUT2D eigenvalue weighted by molar-refractivity contribution is -0.163. The standard InChI is InChI=1S/C25H26O5/c1-2-3-22(16-24(26)27)20-8-10-23(11-9-20)30-17-18-4-6-19(7-5-18)21-12-14-25(28,29)15-13-21/h4-12,22,28-29H,13-17H2,1H3,(H,26,27). The van der Waals surface area contributed by atoms with Gasteiger partial charge < -0.3 is 20.1 Å². The zero-order chi connectivity index (χ0) is 21.6. The van der Waals surface area contributed by atoms with E-state index >= 15 is 0 Å². The van der Waals surface area contributed by atoms with Gasteiger partial charge >= 0.3 is 5.97 Å². The number of carboxylic acids is 1. The Morgan fingerprint density at radius 2 is 1.83 bits per heavy atom. The quantitative estimate of drug-likeness (QED) is 0.476. The van der Waals surface area contributed by atoms with Crippen LogP contribution in [-0.4, -0.2) is 27.1 Å². The maximum absolute atomic E-state index is 11.0. The van der Waals surface area contributed by atoms with Gasteiger partial charge in [-0.3, -0.25) is 4.79 Å². The number of allylic oxidation sites excluding steroid dienone is 1. The zero-order valence-electron chi connectivity index (χ0n) is 17.0. The van der Waals surface area contributed by atoms with Gasteiger partial charge in [-0.2, -0.15) is 0 Å². The highest BCUT2D eigenvalue weighted by Crippen LogP contribution is 2.31. The fourth-order valence-electron chi connectivity index (χ4n) is 3.47. The van der Waals surface area contributed by atoms with Crippen molar-refractivity contribution in [3.05, 3.63) is 71.3 Å². The Kier molecular flexibility index (Phi) is 6.94. The summed E-state index contributed by atoms with van der Waals surface area (Å²) in [6.45, 7) is 2.12. The zero-order valence-corrected chi connectivity index (χ0v) is 17.0. The van der Waals surface area contributed by atoms with Crippen molar-refractivity contribution in [2.45, 2.75) is 50.9 Å². The van der Waals surface area contributed by atoms with E-state index in [9.17, 15) is 15.0 Å². The first-order chi connectivity index (χ1) is 14.4. The van der Waals surface area contributed by atoms with Crippen LogP contribution in [0.2, 0.25) is 0 Å². The molecule has 0 aliphatic heterocycles. The molecule has 1 aliphatic rings. The molecule has 0 fully saturated rings. The number of carboxylic acid groups (broad SMARTS) is 1. The van der Waals surface area contributed by atoms with Gasteiger partial charge in [-0.1, -0.05) is 48.4 Å². The summed E-state index contributed by atoms with van der Waals surface area (Å²) >= 11 is 0. The second-order valence-corrected chi connectivity index (χ2v) is 7.52. The van der Waals surface area contributed by atoms with Gasteiger partial charge in [0.15, 0.2) is 5.79 Å². The highest BCUT2D eigenvalue weighted by Gasteiger charge is 2.26. The molecule has 0 heterocycles. The van der Waals surface area contributed by atoms with Crippen LogP contribution < -0.4 is 4.74 Å². The van der Waals surface area contributed by atoms with Crippen LogP contribution in [0.3, 0.4) is 0 Å². The lowest BCUT2D eigenvalue weighted by Crippen LogP contribution is -2.29. The Bertz CT molecular complexity index is 959. The van der Waals surface area contributed by atoms with Gasteiger partial charge in [-0.25, -0.2) is 0 Å². The summed E-state index contributed by atoms with van der Waals surface area (Å²) in [7, 11) is 0. The number of aliphatic carboxylic acids is 1. The third kappa shape index (κ3) is 5.96. The van der Waals surface area contributed by atoms with Gasteiger partial charge in [0.05, 0.1) is 12.3 Å². The summed E-state index contributed by atoms with van der Waals surface area (Å²) < 4.78 is 5.85. The average molecular weight is 406 g/mol. The molecule has 0 radical (unpaired) electrons. The van der Waals surface area contributed by atoms with Crippen molar-refractivity contribution in [3.63, 3.8) is 0 Å². The molecule has 5 heteroatoms. The molecule has 2 aromatic carbocycles. The first-order valence-electron chi connectivity index (χ1n) is 9.96. The lowest BCUT2D eigenvalue weighted by atomic mass is 9.90. The van der Waals surface area contributed by atoms with E-state index < -0.39 is 11.8 Å². The first-order valence-corrected chi connectivity index (χ1v) is 9.96. The predicted octanol–water partition coefficient (Wildman–Crippen LogP) is 4.10. The highest BCUT2D eigenvalue weighted by atomic mass is 16.5. The van der Waals surface area contributed by atoms with Gasteiger partial charge in [0.1, 0.15) is 12.4 Å². The number of hydrogen-bond acceptors (Lipinski definition) is 4. The van der Waals surface area contributed by atoms with Crippen molar-refractivity contribution in [2.24, 2.45) is 0 Å². The number of aliphatic hydroxyl groups is 2. The summed E-state index contributed by atoms with van der Waals surface area (Å²) in [5.74, 6) is 3.66. The van der Waals surface area contributed by atoms with Crippen molar-refractivity contribution in [2.75, 3.05) is 0 Å². The topological polar surface area (TPSA) is 87.0 Å². The molecule has 0 bridgehead atoms. The number of ether oxygens (including phenoxy) is 1. The van der Waals surface area contributed by atoms with Crippen LogP contribution in [0.15, 0.2) is 54.6 Å². The van der Waals surface area contributed by atoms with Crippen molar-refractivity contribution in [1.29, 1.82) is 0 Å². The van der Waals surface area contributed by atoms with Gasteiger partial charge in [0.2, 0.25) is 0 Å². The van der Waals surface area contributed by atoms with Gasteiger partial charge in [-0.05, 0) is 47.7 Å². The van der Waals surface area contributed by atoms with E-state index in [2.05, 4.69) is 11.8 Å². The van der Waals surface area contributed by atoms with Crippen LogP contribution in [0.5, 0.6) is 5.75 Å².